The number of amides is 1. The summed E-state index contributed by atoms with van der Waals surface area (Å²) in [6.45, 7) is 5.20. The zero-order valence-corrected chi connectivity index (χ0v) is 15.3. The maximum Gasteiger partial charge on any atom is 0.274 e. The topological polar surface area (TPSA) is 85.4 Å². The first-order valence-electron chi connectivity index (χ1n) is 8.72. The summed E-state index contributed by atoms with van der Waals surface area (Å²) < 4.78 is 10.9. The van der Waals surface area contributed by atoms with Crippen molar-refractivity contribution in [3.8, 4) is 5.75 Å². The summed E-state index contributed by atoms with van der Waals surface area (Å²) >= 11 is 0. The molecule has 1 atom stereocenters. The van der Waals surface area contributed by atoms with Gasteiger partial charge < -0.3 is 20.1 Å². The summed E-state index contributed by atoms with van der Waals surface area (Å²) in [5.74, 6) is 1.45. The summed E-state index contributed by atoms with van der Waals surface area (Å²) in [6.07, 6.45) is 2.32. The summed E-state index contributed by atoms with van der Waals surface area (Å²) in [5.41, 5.74) is 1.94. The van der Waals surface area contributed by atoms with E-state index in [9.17, 15) is 4.79 Å². The molecule has 26 heavy (non-hydrogen) atoms. The summed E-state index contributed by atoms with van der Waals surface area (Å²) in [6, 6.07) is 7.27. The molecule has 1 aliphatic heterocycles. The molecule has 1 aromatic carbocycles. The van der Waals surface area contributed by atoms with E-state index >= 15 is 0 Å². The second kappa shape index (κ2) is 8.14. The molecule has 0 aliphatic carbocycles. The molecular formula is C19H24N4O3. The Balaban J connectivity index is 1.73. The minimum absolute atomic E-state index is 0.194. The van der Waals surface area contributed by atoms with Gasteiger partial charge in [0.1, 0.15) is 23.1 Å². The normalized spacial score (nSPS) is 16.3. The Morgan fingerprint density at radius 2 is 2.15 bits per heavy atom. The quantitative estimate of drug-likeness (QED) is 0.828. The highest BCUT2D eigenvalue weighted by Gasteiger charge is 2.17. The molecule has 1 unspecified atom stereocenters. The molecule has 1 amide bonds. The minimum atomic E-state index is -0.306. The molecule has 1 aliphatic rings. The molecule has 0 spiro atoms. The fourth-order valence-electron chi connectivity index (χ4n) is 2.90. The minimum Gasteiger partial charge on any atom is -0.495 e. The van der Waals surface area contributed by atoms with Crippen molar-refractivity contribution in [1.82, 2.24) is 9.97 Å². The molecule has 3 rings (SSSR count). The van der Waals surface area contributed by atoms with Gasteiger partial charge in [-0.15, -0.1) is 0 Å². The lowest BCUT2D eigenvalue weighted by atomic mass is 10.2. The number of carbonyl (C=O) groups is 1. The Labute approximate surface area is 153 Å². The monoisotopic (exact) mass is 356 g/mol. The second-order valence-electron chi connectivity index (χ2n) is 6.36. The number of nitrogens with one attached hydrogen (secondary N) is 2. The van der Waals surface area contributed by atoms with Gasteiger partial charge in [0.05, 0.1) is 18.9 Å². The Morgan fingerprint density at radius 3 is 2.88 bits per heavy atom. The van der Waals surface area contributed by atoms with Gasteiger partial charge in [-0.3, -0.25) is 4.79 Å². The van der Waals surface area contributed by atoms with Crippen LogP contribution >= 0.6 is 0 Å². The van der Waals surface area contributed by atoms with Gasteiger partial charge in [0.25, 0.3) is 5.91 Å². The maximum atomic E-state index is 12.6. The number of carbonyl (C=O) groups excluding carboxylic acids is 1. The molecule has 2 heterocycles. The summed E-state index contributed by atoms with van der Waals surface area (Å²) in [7, 11) is 1.57. The number of hydrogen-bond acceptors (Lipinski definition) is 6. The fraction of sp³-hybridized carbons (Fsp3) is 0.421. The lowest BCUT2D eigenvalue weighted by Gasteiger charge is -2.13. The maximum absolute atomic E-state index is 12.6. The Hall–Kier alpha value is -2.67. The van der Waals surface area contributed by atoms with Crippen molar-refractivity contribution in [2.45, 2.75) is 32.8 Å². The summed E-state index contributed by atoms with van der Waals surface area (Å²) in [5, 5.41) is 6.10. The first kappa shape index (κ1) is 18.1. The van der Waals surface area contributed by atoms with E-state index in [-0.39, 0.29) is 12.0 Å². The first-order valence-corrected chi connectivity index (χ1v) is 8.72. The van der Waals surface area contributed by atoms with Crippen molar-refractivity contribution in [3.63, 3.8) is 0 Å². The van der Waals surface area contributed by atoms with E-state index in [1.807, 2.05) is 25.1 Å². The number of aromatic nitrogens is 2. The number of rotatable bonds is 6. The SMILES string of the molecule is COc1ccc(C)cc1NC(=O)c1cc(NCC2CCCO2)nc(C)n1. The molecule has 0 bridgehead atoms. The standard InChI is InChI=1S/C19H24N4O3/c1-12-6-7-17(25-3)15(9-12)23-19(24)16-10-18(22-13(2)21-16)20-11-14-5-4-8-26-14/h6-7,9-10,14H,4-5,8,11H2,1-3H3,(H,23,24)(H,20,21,22). The van der Waals surface area contributed by atoms with Crippen LogP contribution in [0.5, 0.6) is 5.75 Å². The van der Waals surface area contributed by atoms with Gasteiger partial charge in [-0.2, -0.15) is 0 Å². The van der Waals surface area contributed by atoms with Crippen LogP contribution in [-0.4, -0.2) is 42.2 Å². The average Bonchev–Trinajstić information content (AvgIpc) is 3.13. The third-order valence-corrected chi connectivity index (χ3v) is 4.21. The van der Waals surface area contributed by atoms with Crippen molar-refractivity contribution in [3.05, 3.63) is 41.3 Å². The highest BCUT2D eigenvalue weighted by molar-refractivity contribution is 6.04. The van der Waals surface area contributed by atoms with Gasteiger partial charge in [-0.1, -0.05) is 6.07 Å². The number of nitrogens with zero attached hydrogens (tertiary/aromatic N) is 2. The molecule has 7 heteroatoms. The van der Waals surface area contributed by atoms with Gasteiger partial charge in [0, 0.05) is 19.2 Å². The van der Waals surface area contributed by atoms with Crippen molar-refractivity contribution in [1.29, 1.82) is 0 Å². The van der Waals surface area contributed by atoms with Crippen LogP contribution in [0.2, 0.25) is 0 Å². The Bertz CT molecular complexity index is 788. The van der Waals surface area contributed by atoms with Crippen LogP contribution in [-0.2, 0) is 4.74 Å². The van der Waals surface area contributed by atoms with Gasteiger partial charge in [0.2, 0.25) is 0 Å². The molecule has 0 saturated carbocycles. The number of anilines is 2. The van der Waals surface area contributed by atoms with Crippen LogP contribution in [0.25, 0.3) is 0 Å². The number of ether oxygens (including phenoxy) is 2. The third kappa shape index (κ3) is 4.49. The third-order valence-electron chi connectivity index (χ3n) is 4.21. The van der Waals surface area contributed by atoms with E-state index < -0.39 is 0 Å². The van der Waals surface area contributed by atoms with E-state index in [4.69, 9.17) is 9.47 Å². The molecule has 0 radical (unpaired) electrons. The molecule has 1 saturated heterocycles. The van der Waals surface area contributed by atoms with Gasteiger partial charge in [-0.05, 0) is 44.4 Å². The number of aryl methyl sites for hydroxylation is 2. The zero-order valence-electron chi connectivity index (χ0n) is 15.3. The van der Waals surface area contributed by atoms with Gasteiger partial charge in [0.15, 0.2) is 0 Å². The van der Waals surface area contributed by atoms with Crippen LogP contribution in [0.1, 0.15) is 34.7 Å². The molecular weight excluding hydrogens is 332 g/mol. The smallest absolute Gasteiger partial charge is 0.274 e. The van der Waals surface area contributed by atoms with Crippen LogP contribution in [0.4, 0.5) is 11.5 Å². The number of benzene rings is 1. The summed E-state index contributed by atoms with van der Waals surface area (Å²) in [4.78, 5) is 21.3. The molecule has 2 aromatic rings. The highest BCUT2D eigenvalue weighted by atomic mass is 16.5. The first-order chi connectivity index (χ1) is 12.5. The van der Waals surface area contributed by atoms with E-state index in [0.29, 0.717) is 35.3 Å². The van der Waals surface area contributed by atoms with E-state index in [2.05, 4.69) is 20.6 Å². The lowest BCUT2D eigenvalue weighted by molar-refractivity contribution is 0.102. The van der Waals surface area contributed by atoms with Gasteiger partial charge >= 0.3 is 0 Å². The Morgan fingerprint density at radius 1 is 1.31 bits per heavy atom. The molecule has 2 N–H and O–H groups in total. The Kier molecular flexibility index (Phi) is 5.68. The number of hydrogen-bond donors (Lipinski definition) is 2. The predicted molar refractivity (Wildman–Crippen MR) is 99.9 cm³/mol. The number of methoxy groups -OCH3 is 1. The van der Waals surface area contributed by atoms with Crippen molar-refractivity contribution >= 4 is 17.4 Å². The van der Waals surface area contributed by atoms with Crippen LogP contribution < -0.4 is 15.4 Å². The molecule has 1 fully saturated rings. The van der Waals surface area contributed by atoms with E-state index in [1.54, 1.807) is 20.1 Å². The molecule has 138 valence electrons. The van der Waals surface area contributed by atoms with Crippen molar-refractivity contribution in [2.24, 2.45) is 0 Å². The average molecular weight is 356 g/mol. The largest absolute Gasteiger partial charge is 0.495 e. The van der Waals surface area contributed by atoms with E-state index in [0.717, 1.165) is 25.0 Å². The van der Waals surface area contributed by atoms with Gasteiger partial charge in [-0.25, -0.2) is 9.97 Å². The lowest BCUT2D eigenvalue weighted by Crippen LogP contribution is -2.20. The molecule has 1 aromatic heterocycles. The fourth-order valence-corrected chi connectivity index (χ4v) is 2.90. The second-order valence-corrected chi connectivity index (χ2v) is 6.36. The van der Waals surface area contributed by atoms with Crippen LogP contribution in [0.3, 0.4) is 0 Å². The van der Waals surface area contributed by atoms with E-state index in [1.165, 1.54) is 0 Å². The van der Waals surface area contributed by atoms with Crippen molar-refractivity contribution < 1.29 is 14.3 Å². The van der Waals surface area contributed by atoms with Crippen LogP contribution in [0.15, 0.2) is 24.3 Å². The van der Waals surface area contributed by atoms with Crippen molar-refractivity contribution in [2.75, 3.05) is 30.9 Å². The van der Waals surface area contributed by atoms with Crippen LogP contribution in [0, 0.1) is 13.8 Å². The predicted octanol–water partition coefficient (Wildman–Crippen LogP) is 2.95. The highest BCUT2D eigenvalue weighted by Crippen LogP contribution is 2.25. The molecule has 7 nitrogen and oxygen atoms in total. The zero-order chi connectivity index (χ0) is 18.5.